The number of benzene rings is 1. The van der Waals surface area contributed by atoms with E-state index in [-0.39, 0.29) is 0 Å². The molecule has 1 N–H and O–H groups in total. The number of fused-ring (bicyclic) bond motifs is 1. The summed E-state index contributed by atoms with van der Waals surface area (Å²) in [5.41, 5.74) is 4.57. The van der Waals surface area contributed by atoms with E-state index in [1.54, 1.807) is 5.56 Å². The minimum Gasteiger partial charge on any atom is -0.370 e. The van der Waals surface area contributed by atoms with Crippen LogP contribution < -0.4 is 10.2 Å². The lowest BCUT2D eigenvalue weighted by Gasteiger charge is -2.39. The fraction of sp³-hybridized carbons (Fsp3) is 0.625. The molecular formula is C16H25N3. The maximum absolute atomic E-state index is 3.47. The van der Waals surface area contributed by atoms with Crippen LogP contribution in [0.4, 0.5) is 5.69 Å². The topological polar surface area (TPSA) is 18.5 Å². The predicted octanol–water partition coefficient (Wildman–Crippen LogP) is 1.86. The molecule has 1 saturated heterocycles. The summed E-state index contributed by atoms with van der Waals surface area (Å²) >= 11 is 0. The van der Waals surface area contributed by atoms with E-state index in [2.05, 4.69) is 47.4 Å². The van der Waals surface area contributed by atoms with E-state index in [9.17, 15) is 0 Å². The Morgan fingerprint density at radius 2 is 2.21 bits per heavy atom. The van der Waals surface area contributed by atoms with Crippen molar-refractivity contribution in [3.8, 4) is 0 Å². The van der Waals surface area contributed by atoms with Crippen molar-refractivity contribution in [1.29, 1.82) is 0 Å². The molecule has 3 nitrogen and oxygen atoms in total. The smallest absolute Gasteiger partial charge is 0.0403 e. The summed E-state index contributed by atoms with van der Waals surface area (Å²) in [6, 6.07) is 7.52. The summed E-state index contributed by atoms with van der Waals surface area (Å²) in [6.07, 6.45) is 3.82. The molecule has 0 amide bonds. The van der Waals surface area contributed by atoms with Crippen molar-refractivity contribution >= 4 is 5.69 Å². The molecule has 1 unspecified atom stereocenters. The molecule has 2 aliphatic rings. The first-order valence-electron chi connectivity index (χ1n) is 7.48. The summed E-state index contributed by atoms with van der Waals surface area (Å²) in [7, 11) is 4.41. The van der Waals surface area contributed by atoms with Crippen LogP contribution in [0.15, 0.2) is 18.2 Å². The lowest BCUT2D eigenvalue weighted by Crippen LogP contribution is -2.45. The number of anilines is 1. The third-order valence-corrected chi connectivity index (χ3v) is 4.58. The molecule has 2 aliphatic heterocycles. The second-order valence-electron chi connectivity index (χ2n) is 6.05. The first-order valence-corrected chi connectivity index (χ1v) is 7.48. The van der Waals surface area contributed by atoms with Crippen LogP contribution in [0.1, 0.15) is 24.0 Å². The Balaban J connectivity index is 1.85. The fourth-order valence-electron chi connectivity index (χ4n) is 3.40. The number of rotatable bonds is 2. The highest BCUT2D eigenvalue weighted by Crippen LogP contribution is 2.29. The van der Waals surface area contributed by atoms with E-state index >= 15 is 0 Å². The Labute approximate surface area is 116 Å². The van der Waals surface area contributed by atoms with Gasteiger partial charge in [-0.2, -0.15) is 0 Å². The minimum atomic E-state index is 0.700. The largest absolute Gasteiger partial charge is 0.370 e. The predicted molar refractivity (Wildman–Crippen MR) is 80.8 cm³/mol. The molecule has 0 aliphatic carbocycles. The molecule has 1 aromatic carbocycles. The van der Waals surface area contributed by atoms with Crippen molar-refractivity contribution in [1.82, 2.24) is 10.2 Å². The van der Waals surface area contributed by atoms with Gasteiger partial charge >= 0.3 is 0 Å². The molecular weight excluding hydrogens is 234 g/mol. The number of nitrogens with zero attached hydrogens (tertiary/aromatic N) is 2. The molecule has 1 aromatic rings. The Morgan fingerprint density at radius 3 is 3.05 bits per heavy atom. The van der Waals surface area contributed by atoms with E-state index in [0.717, 1.165) is 13.1 Å². The van der Waals surface area contributed by atoms with Crippen molar-refractivity contribution in [2.75, 3.05) is 38.6 Å². The lowest BCUT2D eigenvalue weighted by molar-refractivity contribution is 0.258. The van der Waals surface area contributed by atoms with Crippen molar-refractivity contribution in [2.24, 2.45) is 0 Å². The minimum absolute atomic E-state index is 0.700. The molecule has 19 heavy (non-hydrogen) atoms. The molecule has 1 atom stereocenters. The van der Waals surface area contributed by atoms with E-state index in [1.807, 2.05) is 0 Å². The molecule has 3 rings (SSSR count). The number of hydrogen-bond acceptors (Lipinski definition) is 3. The third kappa shape index (κ3) is 2.63. The standard InChI is InChI=1S/C16H25N3/c1-18(2)14-6-4-10-19(12-14)16-7-3-5-13-11-17-9-8-15(13)16/h3,5,7,14,17H,4,6,8-12H2,1-2H3. The van der Waals surface area contributed by atoms with Crippen molar-refractivity contribution in [3.05, 3.63) is 29.3 Å². The average Bonchev–Trinajstić information content (AvgIpc) is 2.47. The van der Waals surface area contributed by atoms with Crippen LogP contribution in [0.25, 0.3) is 0 Å². The normalized spacial score (nSPS) is 23.5. The zero-order chi connectivity index (χ0) is 13.2. The van der Waals surface area contributed by atoms with E-state index in [1.165, 1.54) is 43.6 Å². The van der Waals surface area contributed by atoms with Crippen LogP contribution in [0, 0.1) is 0 Å². The van der Waals surface area contributed by atoms with Gasteiger partial charge in [-0.1, -0.05) is 12.1 Å². The number of likely N-dealkylation sites (N-methyl/N-ethyl adjacent to an activating group) is 1. The second-order valence-corrected chi connectivity index (χ2v) is 6.05. The van der Waals surface area contributed by atoms with Crippen LogP contribution >= 0.6 is 0 Å². The molecule has 0 radical (unpaired) electrons. The monoisotopic (exact) mass is 259 g/mol. The molecule has 2 heterocycles. The molecule has 0 saturated carbocycles. The van der Waals surface area contributed by atoms with Gasteiger partial charge in [0.15, 0.2) is 0 Å². The van der Waals surface area contributed by atoms with Crippen molar-refractivity contribution in [3.63, 3.8) is 0 Å². The van der Waals surface area contributed by atoms with E-state index in [0.29, 0.717) is 6.04 Å². The molecule has 1 fully saturated rings. The Morgan fingerprint density at radius 1 is 1.32 bits per heavy atom. The summed E-state index contributed by atoms with van der Waals surface area (Å²) in [5, 5.41) is 3.47. The zero-order valence-electron chi connectivity index (χ0n) is 12.2. The van der Waals surface area contributed by atoms with Gasteiger partial charge in [-0.25, -0.2) is 0 Å². The van der Waals surface area contributed by atoms with Gasteiger partial charge in [-0.05, 0) is 57.1 Å². The second kappa shape index (κ2) is 5.51. The zero-order valence-corrected chi connectivity index (χ0v) is 12.2. The van der Waals surface area contributed by atoms with Gasteiger partial charge in [0.25, 0.3) is 0 Å². The molecule has 0 aromatic heterocycles. The SMILES string of the molecule is CN(C)C1CCCN(c2cccc3c2CCNC3)C1. The lowest BCUT2D eigenvalue weighted by atomic mass is 9.96. The first kappa shape index (κ1) is 12.9. The number of nitrogens with one attached hydrogen (secondary N) is 1. The first-order chi connectivity index (χ1) is 9.25. The Bertz CT molecular complexity index is 442. The van der Waals surface area contributed by atoms with Gasteiger partial charge in [-0.15, -0.1) is 0 Å². The summed E-state index contributed by atoms with van der Waals surface area (Å²) in [6.45, 7) is 4.55. The quantitative estimate of drug-likeness (QED) is 0.874. The Kier molecular flexibility index (Phi) is 3.76. The summed E-state index contributed by atoms with van der Waals surface area (Å²) < 4.78 is 0. The average molecular weight is 259 g/mol. The van der Waals surface area contributed by atoms with Crippen molar-refractivity contribution < 1.29 is 0 Å². The third-order valence-electron chi connectivity index (χ3n) is 4.58. The molecule has 3 heteroatoms. The highest BCUT2D eigenvalue weighted by Gasteiger charge is 2.24. The van der Waals surface area contributed by atoms with Gasteiger partial charge in [0, 0.05) is 31.4 Å². The Hall–Kier alpha value is -1.06. The highest BCUT2D eigenvalue weighted by atomic mass is 15.2. The summed E-state index contributed by atoms with van der Waals surface area (Å²) in [5.74, 6) is 0. The maximum Gasteiger partial charge on any atom is 0.0403 e. The maximum atomic E-state index is 3.47. The number of hydrogen-bond donors (Lipinski definition) is 1. The number of piperidine rings is 1. The van der Waals surface area contributed by atoms with Gasteiger partial charge in [-0.3, -0.25) is 0 Å². The van der Waals surface area contributed by atoms with Crippen LogP contribution in [0.2, 0.25) is 0 Å². The van der Waals surface area contributed by atoms with Gasteiger partial charge in [0.2, 0.25) is 0 Å². The van der Waals surface area contributed by atoms with Crippen LogP contribution in [0.5, 0.6) is 0 Å². The molecule has 0 bridgehead atoms. The van der Waals surface area contributed by atoms with Gasteiger partial charge < -0.3 is 15.1 Å². The van der Waals surface area contributed by atoms with E-state index < -0.39 is 0 Å². The molecule has 0 spiro atoms. The van der Waals surface area contributed by atoms with E-state index in [4.69, 9.17) is 0 Å². The van der Waals surface area contributed by atoms with Crippen LogP contribution in [-0.4, -0.2) is 44.7 Å². The van der Waals surface area contributed by atoms with Crippen LogP contribution in [0.3, 0.4) is 0 Å². The van der Waals surface area contributed by atoms with Crippen molar-refractivity contribution in [2.45, 2.75) is 31.8 Å². The highest BCUT2D eigenvalue weighted by molar-refractivity contribution is 5.58. The van der Waals surface area contributed by atoms with Gasteiger partial charge in [0.1, 0.15) is 0 Å². The van der Waals surface area contributed by atoms with Gasteiger partial charge in [0.05, 0.1) is 0 Å². The molecule has 104 valence electrons. The van der Waals surface area contributed by atoms with Crippen LogP contribution in [-0.2, 0) is 13.0 Å². The summed E-state index contributed by atoms with van der Waals surface area (Å²) in [4.78, 5) is 4.99. The fourth-order valence-corrected chi connectivity index (χ4v) is 3.40.